The molecule has 0 saturated carbocycles. The van der Waals surface area contributed by atoms with Gasteiger partial charge in [0, 0.05) is 42.3 Å². The Hall–Kier alpha value is -3.13. The Labute approximate surface area is 191 Å². The van der Waals surface area contributed by atoms with E-state index < -0.39 is 5.91 Å². The Bertz CT molecular complexity index is 1120. The number of amides is 1. The maximum absolute atomic E-state index is 11.7. The van der Waals surface area contributed by atoms with Crippen molar-refractivity contribution in [2.45, 2.75) is 0 Å². The Kier molecular flexibility index (Phi) is 6.90. The number of benzene rings is 2. The van der Waals surface area contributed by atoms with Crippen LogP contribution in [0.5, 0.6) is 5.75 Å². The van der Waals surface area contributed by atoms with Crippen molar-refractivity contribution in [1.82, 2.24) is 9.88 Å². The summed E-state index contributed by atoms with van der Waals surface area (Å²) >= 11 is 6.45. The lowest BCUT2D eigenvalue weighted by atomic mass is 10.0. The molecule has 3 aromatic rings. The summed E-state index contributed by atoms with van der Waals surface area (Å²) in [5, 5.41) is 14.0. The third kappa shape index (κ3) is 5.19. The summed E-state index contributed by atoms with van der Waals surface area (Å²) in [6.45, 7) is 4.95. The van der Waals surface area contributed by atoms with Crippen LogP contribution in [-0.4, -0.2) is 60.3 Å². The number of morpholine rings is 1. The third-order valence-electron chi connectivity index (χ3n) is 5.41. The van der Waals surface area contributed by atoms with Crippen LogP contribution in [0.2, 0.25) is 5.02 Å². The van der Waals surface area contributed by atoms with Gasteiger partial charge in [0.15, 0.2) is 0 Å². The second kappa shape index (κ2) is 9.99. The zero-order valence-electron chi connectivity index (χ0n) is 17.6. The first-order valence-electron chi connectivity index (χ1n) is 10.5. The standard InChI is InChI=1S/C24H25ClN4O3/c25-20-4-2-1-3-18(20)17-14-21(16-5-6-22(30)19(13-16)24(26)31)28-23(15-17)27-7-8-29-9-11-32-12-10-29/h1-6,13-15,30H,7-12H2,(H2,26,31)(H,27,28). The van der Waals surface area contributed by atoms with E-state index in [-0.39, 0.29) is 11.3 Å². The summed E-state index contributed by atoms with van der Waals surface area (Å²) in [5.74, 6) is -0.165. The Morgan fingerprint density at radius 2 is 1.91 bits per heavy atom. The largest absolute Gasteiger partial charge is 0.507 e. The molecule has 166 valence electrons. The van der Waals surface area contributed by atoms with E-state index in [9.17, 15) is 9.90 Å². The minimum Gasteiger partial charge on any atom is -0.507 e. The average molecular weight is 453 g/mol. The van der Waals surface area contributed by atoms with E-state index in [0.717, 1.165) is 50.5 Å². The molecule has 0 radical (unpaired) electrons. The predicted molar refractivity (Wildman–Crippen MR) is 126 cm³/mol. The molecule has 1 aliphatic rings. The zero-order valence-corrected chi connectivity index (χ0v) is 18.3. The highest BCUT2D eigenvalue weighted by atomic mass is 35.5. The van der Waals surface area contributed by atoms with E-state index in [1.807, 2.05) is 36.4 Å². The van der Waals surface area contributed by atoms with E-state index in [2.05, 4.69) is 10.2 Å². The molecule has 8 heteroatoms. The van der Waals surface area contributed by atoms with E-state index in [1.165, 1.54) is 6.07 Å². The fourth-order valence-electron chi connectivity index (χ4n) is 3.68. The molecule has 2 heterocycles. The molecule has 32 heavy (non-hydrogen) atoms. The molecular weight excluding hydrogens is 428 g/mol. The van der Waals surface area contributed by atoms with Crippen LogP contribution in [-0.2, 0) is 4.74 Å². The molecule has 1 amide bonds. The monoisotopic (exact) mass is 452 g/mol. The van der Waals surface area contributed by atoms with Crippen LogP contribution in [0.3, 0.4) is 0 Å². The SMILES string of the molecule is NC(=O)c1cc(-c2cc(-c3ccccc3Cl)cc(NCCN3CCOCC3)n2)ccc1O. The van der Waals surface area contributed by atoms with Gasteiger partial charge in [0.25, 0.3) is 5.91 Å². The van der Waals surface area contributed by atoms with Gasteiger partial charge in [-0.3, -0.25) is 9.69 Å². The quantitative estimate of drug-likeness (QED) is 0.506. The molecule has 0 spiro atoms. The lowest BCUT2D eigenvalue weighted by Crippen LogP contribution is -2.39. The van der Waals surface area contributed by atoms with Gasteiger partial charge in [0.2, 0.25) is 0 Å². The van der Waals surface area contributed by atoms with Gasteiger partial charge >= 0.3 is 0 Å². The van der Waals surface area contributed by atoms with E-state index in [4.69, 9.17) is 27.1 Å². The predicted octanol–water partition coefficient (Wildman–Crippen LogP) is 3.62. The fraction of sp³-hybridized carbons (Fsp3) is 0.250. The molecule has 1 fully saturated rings. The van der Waals surface area contributed by atoms with Crippen LogP contribution in [0.1, 0.15) is 10.4 Å². The van der Waals surface area contributed by atoms with E-state index in [0.29, 0.717) is 22.1 Å². The molecule has 0 atom stereocenters. The number of phenols is 1. The van der Waals surface area contributed by atoms with Gasteiger partial charge in [-0.2, -0.15) is 0 Å². The molecule has 0 unspecified atom stereocenters. The number of ether oxygens (including phenoxy) is 1. The number of nitrogens with two attached hydrogens (primary N) is 1. The van der Waals surface area contributed by atoms with Crippen molar-refractivity contribution in [2.24, 2.45) is 5.73 Å². The number of pyridine rings is 1. The van der Waals surface area contributed by atoms with Gasteiger partial charge in [-0.1, -0.05) is 29.8 Å². The number of halogens is 1. The molecule has 2 aromatic carbocycles. The van der Waals surface area contributed by atoms with Gasteiger partial charge in [-0.15, -0.1) is 0 Å². The van der Waals surface area contributed by atoms with Gasteiger partial charge in [-0.05, 0) is 42.0 Å². The average Bonchev–Trinajstić information content (AvgIpc) is 2.80. The van der Waals surface area contributed by atoms with Crippen LogP contribution >= 0.6 is 11.6 Å². The van der Waals surface area contributed by atoms with Crippen molar-refractivity contribution in [1.29, 1.82) is 0 Å². The molecule has 1 aliphatic heterocycles. The summed E-state index contributed by atoms with van der Waals surface area (Å²) in [6.07, 6.45) is 0. The fourth-order valence-corrected chi connectivity index (χ4v) is 3.92. The molecule has 0 aliphatic carbocycles. The number of anilines is 1. The second-order valence-electron chi connectivity index (χ2n) is 7.58. The highest BCUT2D eigenvalue weighted by Crippen LogP contribution is 2.33. The number of rotatable bonds is 7. The Balaban J connectivity index is 1.67. The topological polar surface area (TPSA) is 101 Å². The number of aromatic nitrogens is 1. The van der Waals surface area contributed by atoms with Crippen molar-refractivity contribution in [3.63, 3.8) is 0 Å². The Morgan fingerprint density at radius 1 is 1.12 bits per heavy atom. The Morgan fingerprint density at radius 3 is 2.66 bits per heavy atom. The van der Waals surface area contributed by atoms with Gasteiger partial charge in [0.05, 0.1) is 24.5 Å². The van der Waals surface area contributed by atoms with Crippen LogP contribution < -0.4 is 11.1 Å². The highest BCUT2D eigenvalue weighted by molar-refractivity contribution is 6.33. The summed E-state index contributed by atoms with van der Waals surface area (Å²) in [4.78, 5) is 18.8. The maximum Gasteiger partial charge on any atom is 0.252 e. The lowest BCUT2D eigenvalue weighted by Gasteiger charge is -2.26. The van der Waals surface area contributed by atoms with E-state index >= 15 is 0 Å². The first kappa shape index (κ1) is 22.1. The van der Waals surface area contributed by atoms with Crippen LogP contribution in [0, 0.1) is 0 Å². The summed E-state index contributed by atoms with van der Waals surface area (Å²) in [6, 6.07) is 16.2. The number of nitrogens with one attached hydrogen (secondary N) is 1. The van der Waals surface area contributed by atoms with Gasteiger partial charge in [0.1, 0.15) is 11.6 Å². The van der Waals surface area contributed by atoms with Crippen molar-refractivity contribution in [2.75, 3.05) is 44.7 Å². The molecular formula is C24H25ClN4O3. The third-order valence-corrected chi connectivity index (χ3v) is 5.74. The highest BCUT2D eigenvalue weighted by Gasteiger charge is 2.14. The first-order chi connectivity index (χ1) is 15.5. The van der Waals surface area contributed by atoms with Gasteiger partial charge in [-0.25, -0.2) is 4.98 Å². The molecule has 4 rings (SSSR count). The smallest absolute Gasteiger partial charge is 0.252 e. The molecule has 7 nitrogen and oxygen atoms in total. The number of carbonyl (C=O) groups is 1. The van der Waals surface area contributed by atoms with E-state index in [1.54, 1.807) is 12.1 Å². The van der Waals surface area contributed by atoms with Crippen LogP contribution in [0.25, 0.3) is 22.4 Å². The minimum atomic E-state index is -0.699. The number of hydrogen-bond donors (Lipinski definition) is 3. The van der Waals surface area contributed by atoms with Crippen molar-refractivity contribution < 1.29 is 14.6 Å². The molecule has 1 saturated heterocycles. The van der Waals surface area contributed by atoms with Crippen LogP contribution in [0.4, 0.5) is 5.82 Å². The number of nitrogens with zero attached hydrogens (tertiary/aromatic N) is 2. The number of carbonyl (C=O) groups excluding carboxylic acids is 1. The zero-order chi connectivity index (χ0) is 22.5. The molecule has 1 aromatic heterocycles. The number of primary amides is 1. The lowest BCUT2D eigenvalue weighted by molar-refractivity contribution is 0.0398. The minimum absolute atomic E-state index is 0.0503. The molecule has 0 bridgehead atoms. The van der Waals surface area contributed by atoms with Crippen LogP contribution in [0.15, 0.2) is 54.6 Å². The first-order valence-corrected chi connectivity index (χ1v) is 10.8. The normalized spacial score (nSPS) is 14.3. The van der Waals surface area contributed by atoms with Crippen molar-refractivity contribution in [3.05, 3.63) is 65.2 Å². The number of hydrogen-bond acceptors (Lipinski definition) is 6. The summed E-state index contributed by atoms with van der Waals surface area (Å²) in [7, 11) is 0. The molecule has 4 N–H and O–H groups in total. The maximum atomic E-state index is 11.7. The van der Waals surface area contributed by atoms with Crippen molar-refractivity contribution >= 4 is 23.3 Å². The second-order valence-corrected chi connectivity index (χ2v) is 7.99. The van der Waals surface area contributed by atoms with Crippen molar-refractivity contribution in [3.8, 4) is 28.1 Å². The summed E-state index contributed by atoms with van der Waals surface area (Å²) < 4.78 is 5.40. The van der Waals surface area contributed by atoms with Gasteiger partial charge < -0.3 is 20.9 Å². The summed E-state index contributed by atoms with van der Waals surface area (Å²) in [5.41, 5.74) is 8.53. The number of aromatic hydroxyl groups is 1.